The molecule has 0 radical (unpaired) electrons. The highest BCUT2D eigenvalue weighted by Crippen LogP contribution is 2.15. The average molecular weight is 986 g/mol. The van der Waals surface area contributed by atoms with E-state index in [1.165, 1.54) is 103 Å². The molecule has 0 heterocycles. The lowest BCUT2D eigenvalue weighted by atomic mass is 10.0. The summed E-state index contributed by atoms with van der Waals surface area (Å²) < 4.78 is 16.7. The number of esters is 3. The molecule has 404 valence electrons. The maximum absolute atomic E-state index is 12.8. The van der Waals surface area contributed by atoms with Crippen molar-refractivity contribution in [2.24, 2.45) is 0 Å². The van der Waals surface area contributed by atoms with Crippen molar-refractivity contribution < 1.29 is 28.6 Å². The fourth-order valence-electron chi connectivity index (χ4n) is 7.93. The van der Waals surface area contributed by atoms with E-state index in [1.54, 1.807) is 0 Å². The Labute approximate surface area is 438 Å². The third kappa shape index (κ3) is 56.9. The van der Waals surface area contributed by atoms with Crippen LogP contribution >= 0.6 is 0 Å². The Bertz CT molecular complexity index is 1460. The first-order valence-electron chi connectivity index (χ1n) is 29.4. The van der Waals surface area contributed by atoms with Crippen molar-refractivity contribution in [3.05, 3.63) is 109 Å². The normalized spacial score (nSPS) is 12.9. The molecule has 1 unspecified atom stereocenters. The molecule has 6 nitrogen and oxygen atoms in total. The molecule has 0 aromatic heterocycles. The van der Waals surface area contributed by atoms with E-state index in [0.717, 1.165) is 122 Å². The SMILES string of the molecule is CC/C=C\C/C=C\C/C=C\C/C=C\C/C=C\C/C=C\CCCCCCCCCCCCCCCCC(=O)OCC(COC(=O)CCCCCCCCC)OC(=O)CCCCC/C=C\C/C=C\C/C=C\CC. The summed E-state index contributed by atoms with van der Waals surface area (Å²) >= 11 is 0. The summed E-state index contributed by atoms with van der Waals surface area (Å²) in [7, 11) is 0. The molecule has 0 saturated heterocycles. The number of carbonyl (C=O) groups excluding carboxylic acids is 3. The van der Waals surface area contributed by atoms with E-state index < -0.39 is 6.10 Å². The minimum absolute atomic E-state index is 0.0885. The molecule has 0 fully saturated rings. The molecule has 1 atom stereocenters. The van der Waals surface area contributed by atoms with Gasteiger partial charge >= 0.3 is 17.9 Å². The number of carbonyl (C=O) groups is 3. The van der Waals surface area contributed by atoms with Crippen LogP contribution in [-0.2, 0) is 28.6 Å². The summed E-state index contributed by atoms with van der Waals surface area (Å²) in [6.45, 7) is 6.34. The molecule has 0 spiro atoms. The molecule has 0 aliphatic rings. The molecular formula is C65H108O6. The average Bonchev–Trinajstić information content (AvgIpc) is 3.37. The van der Waals surface area contributed by atoms with Gasteiger partial charge < -0.3 is 14.2 Å². The first-order valence-corrected chi connectivity index (χ1v) is 29.4. The van der Waals surface area contributed by atoms with E-state index in [2.05, 4.69) is 130 Å². The summed E-state index contributed by atoms with van der Waals surface area (Å²) in [4.78, 5) is 37.9. The van der Waals surface area contributed by atoms with E-state index in [4.69, 9.17) is 14.2 Å². The zero-order valence-corrected chi connectivity index (χ0v) is 46.2. The van der Waals surface area contributed by atoms with Gasteiger partial charge in [0, 0.05) is 19.3 Å². The molecule has 0 amide bonds. The van der Waals surface area contributed by atoms with Crippen molar-refractivity contribution in [2.45, 2.75) is 271 Å². The summed E-state index contributed by atoms with van der Waals surface area (Å²) in [6, 6.07) is 0. The lowest BCUT2D eigenvalue weighted by Gasteiger charge is -2.18. The molecule has 0 aliphatic heterocycles. The fourth-order valence-corrected chi connectivity index (χ4v) is 7.93. The van der Waals surface area contributed by atoms with E-state index in [0.29, 0.717) is 19.3 Å². The number of hydrogen-bond donors (Lipinski definition) is 0. The molecule has 71 heavy (non-hydrogen) atoms. The van der Waals surface area contributed by atoms with Crippen LogP contribution in [0.5, 0.6) is 0 Å². The van der Waals surface area contributed by atoms with Crippen molar-refractivity contribution in [1.82, 2.24) is 0 Å². The predicted molar refractivity (Wildman–Crippen MR) is 307 cm³/mol. The first-order chi connectivity index (χ1) is 35.0. The van der Waals surface area contributed by atoms with Gasteiger partial charge in [-0.1, -0.05) is 252 Å². The van der Waals surface area contributed by atoms with Crippen LogP contribution in [0.25, 0.3) is 0 Å². The molecule has 0 saturated carbocycles. The molecule has 0 rings (SSSR count). The van der Waals surface area contributed by atoms with Crippen LogP contribution in [0, 0.1) is 0 Å². The van der Waals surface area contributed by atoms with Gasteiger partial charge in [-0.15, -0.1) is 0 Å². The van der Waals surface area contributed by atoms with Crippen LogP contribution in [0.3, 0.4) is 0 Å². The van der Waals surface area contributed by atoms with Crippen LogP contribution < -0.4 is 0 Å². The number of hydrogen-bond acceptors (Lipinski definition) is 6. The van der Waals surface area contributed by atoms with Crippen LogP contribution in [0.2, 0.25) is 0 Å². The van der Waals surface area contributed by atoms with E-state index >= 15 is 0 Å². The Morgan fingerprint density at radius 3 is 0.873 bits per heavy atom. The molecule has 6 heteroatoms. The van der Waals surface area contributed by atoms with Crippen LogP contribution in [-0.4, -0.2) is 37.2 Å². The van der Waals surface area contributed by atoms with E-state index in [9.17, 15) is 14.4 Å². The quantitative estimate of drug-likeness (QED) is 0.0261. The molecule has 0 aromatic carbocycles. The smallest absolute Gasteiger partial charge is 0.306 e. The van der Waals surface area contributed by atoms with Crippen molar-refractivity contribution in [2.75, 3.05) is 13.2 Å². The zero-order chi connectivity index (χ0) is 51.4. The van der Waals surface area contributed by atoms with Crippen LogP contribution in [0.15, 0.2) is 109 Å². The lowest BCUT2D eigenvalue weighted by Crippen LogP contribution is -2.30. The first kappa shape index (κ1) is 67.1. The van der Waals surface area contributed by atoms with Gasteiger partial charge in [-0.25, -0.2) is 0 Å². The third-order valence-electron chi connectivity index (χ3n) is 12.3. The second kappa shape index (κ2) is 58.6. The molecule has 0 aliphatic carbocycles. The molecule has 0 bridgehead atoms. The van der Waals surface area contributed by atoms with Crippen molar-refractivity contribution in [1.29, 1.82) is 0 Å². The van der Waals surface area contributed by atoms with Gasteiger partial charge in [0.2, 0.25) is 0 Å². The predicted octanol–water partition coefficient (Wildman–Crippen LogP) is 19.9. The van der Waals surface area contributed by atoms with Gasteiger partial charge in [0.15, 0.2) is 6.10 Å². The summed E-state index contributed by atoms with van der Waals surface area (Å²) in [5.41, 5.74) is 0. The van der Waals surface area contributed by atoms with E-state index in [1.807, 2.05) is 0 Å². The van der Waals surface area contributed by atoms with Crippen LogP contribution in [0.4, 0.5) is 0 Å². The Balaban J connectivity index is 4.05. The minimum atomic E-state index is -0.789. The van der Waals surface area contributed by atoms with Crippen molar-refractivity contribution in [3.8, 4) is 0 Å². The minimum Gasteiger partial charge on any atom is -0.462 e. The number of allylic oxidation sites excluding steroid dienone is 18. The van der Waals surface area contributed by atoms with Crippen molar-refractivity contribution >= 4 is 17.9 Å². The Kier molecular flexibility index (Phi) is 55.4. The fraction of sp³-hybridized carbons (Fsp3) is 0.677. The zero-order valence-electron chi connectivity index (χ0n) is 46.2. The molecule has 0 aromatic rings. The Morgan fingerprint density at radius 1 is 0.296 bits per heavy atom. The van der Waals surface area contributed by atoms with Gasteiger partial charge in [0.05, 0.1) is 0 Å². The van der Waals surface area contributed by atoms with E-state index in [-0.39, 0.29) is 31.1 Å². The van der Waals surface area contributed by atoms with Gasteiger partial charge in [0.1, 0.15) is 13.2 Å². The van der Waals surface area contributed by atoms with Gasteiger partial charge in [0.25, 0.3) is 0 Å². The number of unbranched alkanes of at least 4 members (excludes halogenated alkanes) is 23. The Morgan fingerprint density at radius 2 is 0.549 bits per heavy atom. The molecular weight excluding hydrogens is 877 g/mol. The van der Waals surface area contributed by atoms with Crippen LogP contribution in [0.1, 0.15) is 265 Å². The second-order valence-corrected chi connectivity index (χ2v) is 19.1. The highest BCUT2D eigenvalue weighted by Gasteiger charge is 2.19. The standard InChI is InChI=1S/C65H108O6/c1-4-7-10-13-16-18-20-22-23-24-25-26-27-28-29-30-31-32-33-34-35-36-37-38-39-40-41-43-44-46-49-52-55-58-64(67)70-61-62(60-69-63(66)57-54-51-48-15-12-9-6-3)71-65(68)59-56-53-50-47-45-42-21-19-17-14-11-8-5-2/h7-8,10-11,16-19,22-23,25-26,28-29,31-32,42,45,62H,4-6,9,12-15,20-21,24,27,30,33-41,43-44,46-61H2,1-3H3/b10-7-,11-8-,18-16-,19-17-,23-22-,26-25-,29-28-,32-31-,45-42-. The van der Waals surface area contributed by atoms with Gasteiger partial charge in [-0.2, -0.15) is 0 Å². The topological polar surface area (TPSA) is 78.9 Å². The monoisotopic (exact) mass is 985 g/mol. The molecule has 0 N–H and O–H groups in total. The summed E-state index contributed by atoms with van der Waals surface area (Å²) in [5.74, 6) is -0.925. The summed E-state index contributed by atoms with van der Waals surface area (Å²) in [5, 5.41) is 0. The highest BCUT2D eigenvalue weighted by molar-refractivity contribution is 5.71. The third-order valence-corrected chi connectivity index (χ3v) is 12.3. The van der Waals surface area contributed by atoms with Crippen molar-refractivity contribution in [3.63, 3.8) is 0 Å². The maximum Gasteiger partial charge on any atom is 0.306 e. The highest BCUT2D eigenvalue weighted by atomic mass is 16.6. The largest absolute Gasteiger partial charge is 0.462 e. The number of ether oxygens (including phenoxy) is 3. The lowest BCUT2D eigenvalue weighted by molar-refractivity contribution is -0.167. The number of rotatable bonds is 52. The second-order valence-electron chi connectivity index (χ2n) is 19.1. The Hall–Kier alpha value is -3.93. The maximum atomic E-state index is 12.8. The van der Waals surface area contributed by atoms with Gasteiger partial charge in [-0.3, -0.25) is 14.4 Å². The van der Waals surface area contributed by atoms with Gasteiger partial charge in [-0.05, 0) is 103 Å². The summed E-state index contributed by atoms with van der Waals surface area (Å²) in [6.07, 6.45) is 79.8.